The van der Waals surface area contributed by atoms with Crippen molar-refractivity contribution >= 4 is 17.1 Å². The van der Waals surface area contributed by atoms with E-state index < -0.39 is 0 Å². The van der Waals surface area contributed by atoms with Gasteiger partial charge in [-0.2, -0.15) is 5.10 Å². The summed E-state index contributed by atoms with van der Waals surface area (Å²) in [5.41, 5.74) is 3.10. The molecule has 1 saturated heterocycles. The summed E-state index contributed by atoms with van der Waals surface area (Å²) < 4.78 is 4.68. The maximum Gasteiger partial charge on any atom is 0.332 e. The van der Waals surface area contributed by atoms with Crippen LogP contribution in [0.5, 0.6) is 0 Å². The molecule has 194 valence electrons. The number of amides is 1. The summed E-state index contributed by atoms with van der Waals surface area (Å²) in [5.74, 6) is 0.824. The molecule has 1 atom stereocenters. The number of aromatic nitrogens is 6. The highest BCUT2D eigenvalue weighted by molar-refractivity contribution is 5.78. The molecule has 4 heterocycles. The Hall–Kier alpha value is -3.95. The van der Waals surface area contributed by atoms with Gasteiger partial charge in [0.25, 0.3) is 5.56 Å². The van der Waals surface area contributed by atoms with E-state index >= 15 is 0 Å². The van der Waals surface area contributed by atoms with Crippen LogP contribution in [0.1, 0.15) is 44.2 Å². The second-order valence-electron chi connectivity index (χ2n) is 9.96. The number of nitrogens with zero attached hydrogens (tertiary/aromatic N) is 6. The first-order valence-corrected chi connectivity index (χ1v) is 13.0. The molecule has 1 amide bonds. The van der Waals surface area contributed by atoms with Gasteiger partial charge in [0, 0.05) is 51.3 Å². The normalized spacial score (nSPS) is 15.8. The molecule has 0 spiro atoms. The topological polar surface area (TPSA) is 111 Å². The molecule has 1 N–H and O–H groups in total. The van der Waals surface area contributed by atoms with E-state index in [-0.39, 0.29) is 23.1 Å². The number of aromatic amines is 1. The minimum absolute atomic E-state index is 0.160. The van der Waals surface area contributed by atoms with E-state index in [1.165, 1.54) is 10.1 Å². The molecule has 5 rings (SSSR count). The van der Waals surface area contributed by atoms with Crippen molar-refractivity contribution in [1.29, 1.82) is 0 Å². The number of H-pyrrole nitrogens is 1. The fourth-order valence-corrected chi connectivity index (χ4v) is 5.04. The Morgan fingerprint density at radius 1 is 1.03 bits per heavy atom. The summed E-state index contributed by atoms with van der Waals surface area (Å²) in [6.07, 6.45) is 5.50. The number of carbonyl (C=O) groups excluding carboxylic acids is 1. The molecule has 0 aliphatic carbocycles. The van der Waals surface area contributed by atoms with Crippen molar-refractivity contribution in [3.63, 3.8) is 0 Å². The van der Waals surface area contributed by atoms with Gasteiger partial charge in [-0.3, -0.25) is 23.4 Å². The highest BCUT2D eigenvalue weighted by Gasteiger charge is 2.30. The Balaban J connectivity index is 1.35. The summed E-state index contributed by atoms with van der Waals surface area (Å²) in [6, 6.07) is 8.27. The monoisotopic (exact) mass is 503 g/mol. The number of likely N-dealkylation sites (tertiary alicyclic amines) is 1. The molecule has 1 aliphatic heterocycles. The summed E-state index contributed by atoms with van der Waals surface area (Å²) in [4.78, 5) is 48.2. The molecule has 1 fully saturated rings. The number of hydrogen-bond acceptors (Lipinski definition) is 5. The largest absolute Gasteiger partial charge is 0.338 e. The Morgan fingerprint density at radius 2 is 1.76 bits per heavy atom. The standard InChI is InChI=1S/C27H33N7O3/c1-4-10-33-25-23(26(36)34(11-5-2)27(33)37)29-24(30-25)21-13-28-32(17-21)16-20-12-22(35)31(15-20)14-19-8-6-18(3)7-9-19/h6-9,13,17,20H,4-5,10-12,14-16H2,1-3H3,(H,29,30). The van der Waals surface area contributed by atoms with E-state index in [0.29, 0.717) is 62.6 Å². The molecule has 3 aromatic heterocycles. The Kier molecular flexibility index (Phi) is 6.82. The van der Waals surface area contributed by atoms with Crippen LogP contribution >= 0.6 is 0 Å². The van der Waals surface area contributed by atoms with Crippen molar-refractivity contribution in [2.75, 3.05) is 6.54 Å². The summed E-state index contributed by atoms with van der Waals surface area (Å²) in [7, 11) is 0. The molecule has 4 aromatic rings. The average Bonchev–Trinajstić information content (AvgIpc) is 3.60. The lowest BCUT2D eigenvalue weighted by molar-refractivity contribution is -0.128. The quantitative estimate of drug-likeness (QED) is 0.378. The van der Waals surface area contributed by atoms with Gasteiger partial charge in [0.2, 0.25) is 5.91 Å². The molecule has 0 radical (unpaired) electrons. The van der Waals surface area contributed by atoms with Crippen molar-refractivity contribution in [3.8, 4) is 11.4 Å². The lowest BCUT2D eigenvalue weighted by atomic mass is 10.1. The Morgan fingerprint density at radius 3 is 2.49 bits per heavy atom. The van der Waals surface area contributed by atoms with Crippen LogP contribution < -0.4 is 11.2 Å². The van der Waals surface area contributed by atoms with Crippen molar-refractivity contribution in [1.82, 2.24) is 33.8 Å². The van der Waals surface area contributed by atoms with Gasteiger partial charge in [-0.25, -0.2) is 9.78 Å². The maximum atomic E-state index is 13.0. The van der Waals surface area contributed by atoms with E-state index in [1.54, 1.807) is 10.8 Å². The molecule has 0 bridgehead atoms. The average molecular weight is 504 g/mol. The lowest BCUT2D eigenvalue weighted by Crippen LogP contribution is -2.40. The van der Waals surface area contributed by atoms with E-state index in [0.717, 1.165) is 17.5 Å². The third kappa shape index (κ3) is 4.87. The van der Waals surface area contributed by atoms with E-state index in [4.69, 9.17) is 0 Å². The highest BCUT2D eigenvalue weighted by Crippen LogP contribution is 2.23. The molecule has 1 aliphatic rings. The van der Waals surface area contributed by atoms with Crippen molar-refractivity contribution in [3.05, 3.63) is 68.6 Å². The molecule has 1 unspecified atom stereocenters. The summed E-state index contributed by atoms with van der Waals surface area (Å²) in [6.45, 7) is 8.74. The third-order valence-electron chi connectivity index (χ3n) is 6.90. The fourth-order valence-electron chi connectivity index (χ4n) is 5.04. The number of imidazole rings is 1. The van der Waals surface area contributed by atoms with Gasteiger partial charge >= 0.3 is 5.69 Å². The second-order valence-corrected chi connectivity index (χ2v) is 9.96. The number of fused-ring (bicyclic) bond motifs is 1. The van der Waals surface area contributed by atoms with Crippen LogP contribution in [0.4, 0.5) is 0 Å². The third-order valence-corrected chi connectivity index (χ3v) is 6.90. The van der Waals surface area contributed by atoms with Gasteiger partial charge in [-0.05, 0) is 25.3 Å². The first-order valence-electron chi connectivity index (χ1n) is 13.0. The van der Waals surface area contributed by atoms with Crippen molar-refractivity contribution < 1.29 is 4.79 Å². The predicted octanol–water partition coefficient (Wildman–Crippen LogP) is 2.93. The smallest absolute Gasteiger partial charge is 0.332 e. The summed E-state index contributed by atoms with van der Waals surface area (Å²) in [5, 5.41) is 4.49. The maximum absolute atomic E-state index is 13.0. The SMILES string of the molecule is CCCn1c(=O)c2[nH]c(-c3cnn(CC4CC(=O)N(Cc5ccc(C)cc5)C4)c3)nc2n(CCC)c1=O. The van der Waals surface area contributed by atoms with Crippen LogP contribution in [0.15, 0.2) is 46.2 Å². The van der Waals surface area contributed by atoms with Crippen molar-refractivity contribution in [2.45, 2.75) is 66.2 Å². The number of hydrogen-bond donors (Lipinski definition) is 1. The van der Waals surface area contributed by atoms with Crippen LogP contribution in [0.3, 0.4) is 0 Å². The number of carbonyl (C=O) groups is 1. The van der Waals surface area contributed by atoms with Gasteiger partial charge in [0.15, 0.2) is 5.65 Å². The first kappa shape index (κ1) is 24.7. The van der Waals surface area contributed by atoms with Crippen molar-refractivity contribution in [2.24, 2.45) is 5.92 Å². The van der Waals surface area contributed by atoms with E-state index in [9.17, 15) is 14.4 Å². The molecule has 37 heavy (non-hydrogen) atoms. The zero-order valence-corrected chi connectivity index (χ0v) is 21.6. The first-order chi connectivity index (χ1) is 17.9. The van der Waals surface area contributed by atoms with Gasteiger partial charge in [0.1, 0.15) is 11.3 Å². The minimum Gasteiger partial charge on any atom is -0.338 e. The molecule has 1 aromatic carbocycles. The zero-order valence-electron chi connectivity index (χ0n) is 21.6. The Labute approximate surface area is 214 Å². The lowest BCUT2D eigenvalue weighted by Gasteiger charge is -2.17. The van der Waals surface area contributed by atoms with Gasteiger partial charge in [0.05, 0.1) is 11.8 Å². The predicted molar refractivity (Wildman–Crippen MR) is 141 cm³/mol. The van der Waals surface area contributed by atoms with Crippen LogP contribution in [0.2, 0.25) is 0 Å². The molecule has 10 heteroatoms. The van der Waals surface area contributed by atoms with Crippen LogP contribution in [0.25, 0.3) is 22.6 Å². The van der Waals surface area contributed by atoms with Gasteiger partial charge in [-0.15, -0.1) is 0 Å². The van der Waals surface area contributed by atoms with Gasteiger partial charge < -0.3 is 9.88 Å². The van der Waals surface area contributed by atoms with Crippen LogP contribution in [0, 0.1) is 12.8 Å². The molecular formula is C27H33N7O3. The fraction of sp³-hybridized carbons (Fsp3) is 0.444. The number of nitrogens with one attached hydrogen (secondary N) is 1. The molecule has 0 saturated carbocycles. The molecule has 10 nitrogen and oxygen atoms in total. The second kappa shape index (κ2) is 10.2. The van der Waals surface area contributed by atoms with Gasteiger partial charge in [-0.1, -0.05) is 43.7 Å². The Bertz CT molecular complexity index is 1540. The zero-order chi connectivity index (χ0) is 26.1. The van der Waals surface area contributed by atoms with E-state index in [2.05, 4.69) is 46.3 Å². The highest BCUT2D eigenvalue weighted by atomic mass is 16.2. The van der Waals surface area contributed by atoms with E-state index in [1.807, 2.05) is 29.6 Å². The summed E-state index contributed by atoms with van der Waals surface area (Å²) >= 11 is 0. The molecular weight excluding hydrogens is 470 g/mol. The number of rotatable bonds is 9. The van der Waals surface area contributed by atoms with Crippen LogP contribution in [-0.4, -0.2) is 46.2 Å². The number of aryl methyl sites for hydroxylation is 2. The minimum atomic E-state index is -0.349. The number of benzene rings is 1. The van der Waals surface area contributed by atoms with Crippen LogP contribution in [-0.2, 0) is 31.0 Å².